The molecule has 0 aliphatic carbocycles. The first-order chi connectivity index (χ1) is 13.0. The third-order valence-corrected chi connectivity index (χ3v) is 5.61. The lowest BCUT2D eigenvalue weighted by atomic mass is 9.94. The van der Waals surface area contributed by atoms with Gasteiger partial charge in [0.15, 0.2) is 0 Å². The molecule has 0 radical (unpaired) electrons. The molecule has 2 aromatic rings. The minimum atomic E-state index is -3.66. The van der Waals surface area contributed by atoms with Crippen LogP contribution in [0.15, 0.2) is 54.6 Å². The summed E-state index contributed by atoms with van der Waals surface area (Å²) < 4.78 is 31.1. The molecule has 0 saturated heterocycles. The van der Waals surface area contributed by atoms with Gasteiger partial charge in [-0.2, -0.15) is 0 Å². The summed E-state index contributed by atoms with van der Waals surface area (Å²) in [6.45, 7) is 5.42. The van der Waals surface area contributed by atoms with E-state index >= 15 is 0 Å². The summed E-state index contributed by atoms with van der Waals surface area (Å²) in [6, 6.07) is 15.5. The van der Waals surface area contributed by atoms with Gasteiger partial charge in [0, 0.05) is 5.54 Å². The molecular weight excluding hydrogens is 376 g/mol. The largest absolute Gasteiger partial charge is 0.497 e. The fraction of sp³-hybridized carbons (Fsp3) is 0.381. The van der Waals surface area contributed by atoms with Crippen LogP contribution in [0.2, 0.25) is 0 Å². The Balaban J connectivity index is 2.21. The molecule has 0 aliphatic rings. The molecule has 2 rings (SSSR count). The van der Waals surface area contributed by atoms with Crippen LogP contribution in [-0.4, -0.2) is 39.3 Å². The molecule has 1 atom stereocenters. The summed E-state index contributed by atoms with van der Waals surface area (Å²) in [5.74, 6) is 0.250. The van der Waals surface area contributed by atoms with Gasteiger partial charge in [-0.05, 0) is 57.0 Å². The van der Waals surface area contributed by atoms with E-state index in [4.69, 9.17) is 4.74 Å². The summed E-state index contributed by atoms with van der Waals surface area (Å²) >= 11 is 0. The Labute approximate surface area is 167 Å². The number of nitrogens with one attached hydrogen (secondary N) is 1. The van der Waals surface area contributed by atoms with Gasteiger partial charge in [0.05, 0.1) is 19.1 Å². The van der Waals surface area contributed by atoms with Crippen molar-refractivity contribution in [2.45, 2.75) is 38.8 Å². The summed E-state index contributed by atoms with van der Waals surface area (Å²) in [5, 5.41) is 2.98. The van der Waals surface area contributed by atoms with E-state index < -0.39 is 21.6 Å². The van der Waals surface area contributed by atoms with Gasteiger partial charge in [0.1, 0.15) is 11.8 Å². The molecule has 0 heterocycles. The van der Waals surface area contributed by atoms with Crippen molar-refractivity contribution >= 4 is 21.6 Å². The first-order valence-electron chi connectivity index (χ1n) is 9.03. The zero-order valence-corrected chi connectivity index (χ0v) is 17.8. The topological polar surface area (TPSA) is 75.7 Å². The zero-order chi connectivity index (χ0) is 20.9. The number of amides is 1. The van der Waals surface area contributed by atoms with Crippen LogP contribution in [0.3, 0.4) is 0 Å². The highest BCUT2D eigenvalue weighted by Gasteiger charge is 2.32. The van der Waals surface area contributed by atoms with Gasteiger partial charge < -0.3 is 10.1 Å². The van der Waals surface area contributed by atoms with Crippen LogP contribution < -0.4 is 14.4 Å². The van der Waals surface area contributed by atoms with E-state index in [9.17, 15) is 13.2 Å². The number of methoxy groups -OCH3 is 1. The van der Waals surface area contributed by atoms with Gasteiger partial charge in [-0.1, -0.05) is 30.3 Å². The summed E-state index contributed by atoms with van der Waals surface area (Å²) in [4.78, 5) is 12.9. The van der Waals surface area contributed by atoms with Crippen LogP contribution in [0.25, 0.3) is 0 Å². The van der Waals surface area contributed by atoms with Crippen molar-refractivity contribution < 1.29 is 17.9 Å². The number of sulfonamides is 1. The molecular formula is C21H28N2O4S. The third kappa shape index (κ3) is 5.73. The molecule has 2 aromatic carbocycles. The van der Waals surface area contributed by atoms with E-state index in [0.29, 0.717) is 17.9 Å². The smallest absolute Gasteiger partial charge is 0.244 e. The van der Waals surface area contributed by atoms with Crippen LogP contribution in [-0.2, 0) is 21.2 Å². The molecule has 0 bridgehead atoms. The lowest BCUT2D eigenvalue weighted by Crippen LogP contribution is -2.54. The van der Waals surface area contributed by atoms with Crippen LogP contribution in [0, 0.1) is 0 Å². The number of hydrogen-bond acceptors (Lipinski definition) is 4. The summed E-state index contributed by atoms with van der Waals surface area (Å²) in [7, 11) is -2.13. The van der Waals surface area contributed by atoms with E-state index in [-0.39, 0.29) is 5.91 Å². The van der Waals surface area contributed by atoms with Gasteiger partial charge in [-0.3, -0.25) is 9.10 Å². The normalized spacial score (nSPS) is 12.9. The number of carbonyl (C=O) groups is 1. The molecule has 0 aliphatic heterocycles. The average molecular weight is 405 g/mol. The van der Waals surface area contributed by atoms with Crippen LogP contribution in [0.1, 0.15) is 26.3 Å². The standard InChI is InChI=1S/C21H28N2O4S/c1-16(20(24)22-21(2,3)15-17-9-7-6-8-10-17)23(28(5,25)26)18-11-13-19(27-4)14-12-18/h6-14,16H,15H2,1-5H3,(H,22,24)/t16-/m0/s1. The van der Waals surface area contributed by atoms with E-state index in [1.807, 2.05) is 44.2 Å². The van der Waals surface area contributed by atoms with Crippen molar-refractivity contribution in [1.29, 1.82) is 0 Å². The van der Waals surface area contributed by atoms with Crippen molar-refractivity contribution in [1.82, 2.24) is 5.32 Å². The molecule has 1 amide bonds. The highest BCUT2D eigenvalue weighted by atomic mass is 32.2. The van der Waals surface area contributed by atoms with Gasteiger partial charge in [0.2, 0.25) is 15.9 Å². The molecule has 1 N–H and O–H groups in total. The zero-order valence-electron chi connectivity index (χ0n) is 17.0. The molecule has 7 heteroatoms. The quantitative estimate of drug-likeness (QED) is 0.734. The highest BCUT2D eigenvalue weighted by Crippen LogP contribution is 2.24. The molecule has 6 nitrogen and oxygen atoms in total. The highest BCUT2D eigenvalue weighted by molar-refractivity contribution is 7.92. The van der Waals surface area contributed by atoms with E-state index in [0.717, 1.165) is 16.1 Å². The number of anilines is 1. The maximum atomic E-state index is 12.9. The molecule has 28 heavy (non-hydrogen) atoms. The number of benzene rings is 2. The summed E-state index contributed by atoms with van der Waals surface area (Å²) in [5.41, 5.74) is 0.970. The first kappa shape index (κ1) is 21.8. The minimum absolute atomic E-state index is 0.359. The Kier molecular flexibility index (Phi) is 6.72. The fourth-order valence-electron chi connectivity index (χ4n) is 3.13. The lowest BCUT2D eigenvalue weighted by molar-refractivity contribution is -0.123. The Bertz CT molecular complexity index is 894. The lowest BCUT2D eigenvalue weighted by Gasteiger charge is -2.33. The number of ether oxygens (including phenoxy) is 1. The number of hydrogen-bond donors (Lipinski definition) is 1. The van der Waals surface area contributed by atoms with Crippen LogP contribution in [0.5, 0.6) is 5.75 Å². The van der Waals surface area contributed by atoms with Gasteiger partial charge in [0.25, 0.3) is 0 Å². The molecule has 0 fully saturated rings. The molecule has 0 spiro atoms. The predicted molar refractivity (Wildman–Crippen MR) is 112 cm³/mol. The van der Waals surface area contributed by atoms with Crippen molar-refractivity contribution in [3.63, 3.8) is 0 Å². The number of nitrogens with zero attached hydrogens (tertiary/aromatic N) is 1. The van der Waals surface area contributed by atoms with Gasteiger partial charge in [-0.15, -0.1) is 0 Å². The minimum Gasteiger partial charge on any atom is -0.497 e. The Hall–Kier alpha value is -2.54. The second-order valence-electron chi connectivity index (χ2n) is 7.47. The Morgan fingerprint density at radius 3 is 2.18 bits per heavy atom. The predicted octanol–water partition coefficient (Wildman–Crippen LogP) is 2.99. The Morgan fingerprint density at radius 1 is 1.11 bits per heavy atom. The second kappa shape index (κ2) is 8.65. The third-order valence-electron chi connectivity index (χ3n) is 4.37. The average Bonchev–Trinajstić information content (AvgIpc) is 2.61. The van der Waals surface area contributed by atoms with Crippen LogP contribution in [0.4, 0.5) is 5.69 Å². The van der Waals surface area contributed by atoms with Crippen molar-refractivity contribution in [2.75, 3.05) is 17.7 Å². The van der Waals surface area contributed by atoms with Crippen molar-refractivity contribution in [3.05, 3.63) is 60.2 Å². The molecule has 0 saturated carbocycles. The Morgan fingerprint density at radius 2 is 1.68 bits per heavy atom. The SMILES string of the molecule is COc1ccc(N([C@@H](C)C(=O)NC(C)(C)Cc2ccccc2)S(C)(=O)=O)cc1. The van der Waals surface area contributed by atoms with Crippen molar-refractivity contribution in [2.24, 2.45) is 0 Å². The van der Waals surface area contributed by atoms with E-state index in [2.05, 4.69) is 5.32 Å². The van der Waals surface area contributed by atoms with E-state index in [1.165, 1.54) is 7.11 Å². The number of carbonyl (C=O) groups excluding carboxylic acids is 1. The van der Waals surface area contributed by atoms with Crippen LogP contribution >= 0.6 is 0 Å². The number of rotatable bonds is 8. The van der Waals surface area contributed by atoms with Crippen molar-refractivity contribution in [3.8, 4) is 5.75 Å². The van der Waals surface area contributed by atoms with E-state index in [1.54, 1.807) is 31.2 Å². The first-order valence-corrected chi connectivity index (χ1v) is 10.9. The maximum absolute atomic E-state index is 12.9. The summed E-state index contributed by atoms with van der Waals surface area (Å²) in [6.07, 6.45) is 1.73. The van der Waals surface area contributed by atoms with Gasteiger partial charge >= 0.3 is 0 Å². The fourth-order valence-corrected chi connectivity index (χ4v) is 4.30. The second-order valence-corrected chi connectivity index (χ2v) is 9.33. The maximum Gasteiger partial charge on any atom is 0.244 e. The monoisotopic (exact) mass is 404 g/mol. The molecule has 0 aromatic heterocycles. The molecule has 0 unspecified atom stereocenters. The molecule has 152 valence electrons. The van der Waals surface area contributed by atoms with Gasteiger partial charge in [-0.25, -0.2) is 8.42 Å².